The van der Waals surface area contributed by atoms with Gasteiger partial charge in [-0.2, -0.15) is 0 Å². The predicted molar refractivity (Wildman–Crippen MR) is 190 cm³/mol. The number of carboxylic acids is 1. The number of aliphatic carboxylic acids is 1. The Bertz CT molecular complexity index is 1400. The second-order valence-corrected chi connectivity index (χ2v) is 12.8. The van der Waals surface area contributed by atoms with Gasteiger partial charge in [0.05, 0.1) is 31.9 Å². The summed E-state index contributed by atoms with van der Waals surface area (Å²) >= 11 is 6.41. The second-order valence-electron chi connectivity index (χ2n) is 12.4. The first-order valence-electron chi connectivity index (χ1n) is 17.2. The largest absolute Gasteiger partial charge is 0.491 e. The van der Waals surface area contributed by atoms with E-state index in [-0.39, 0.29) is 48.8 Å². The molecule has 0 saturated heterocycles. The van der Waals surface area contributed by atoms with Crippen molar-refractivity contribution in [3.05, 3.63) is 70.3 Å². The van der Waals surface area contributed by atoms with Crippen molar-refractivity contribution >= 4 is 35.1 Å². The number of methoxy groups -OCH3 is 1. The van der Waals surface area contributed by atoms with Gasteiger partial charge in [0.25, 0.3) is 0 Å². The lowest BCUT2D eigenvalue weighted by Gasteiger charge is -2.44. The fraction of sp³-hybridized carbons (Fsp3) is 0.553. The van der Waals surface area contributed by atoms with E-state index in [2.05, 4.69) is 24.0 Å². The summed E-state index contributed by atoms with van der Waals surface area (Å²) in [7, 11) is 3.15. The van der Waals surface area contributed by atoms with Crippen LogP contribution in [0.25, 0.3) is 0 Å². The highest BCUT2D eigenvalue weighted by molar-refractivity contribution is 6.30. The maximum Gasteiger partial charge on any atom is 0.329 e. The van der Waals surface area contributed by atoms with Gasteiger partial charge in [-0.15, -0.1) is 0 Å². The van der Waals surface area contributed by atoms with E-state index in [9.17, 15) is 19.5 Å². The zero-order chi connectivity index (χ0) is 35.2. The number of esters is 1. The number of carbonyl (C=O) groups excluding carboxylic acids is 2. The normalized spacial score (nSPS) is 19.1. The number of hydrogen-bond acceptors (Lipinski definition) is 7. The minimum Gasteiger partial charge on any atom is -0.491 e. The van der Waals surface area contributed by atoms with Crippen LogP contribution in [0.5, 0.6) is 5.75 Å². The van der Waals surface area contributed by atoms with Crippen LogP contribution in [0.1, 0.15) is 76.0 Å². The Kier molecular flexibility index (Phi) is 15.7. The maximum absolute atomic E-state index is 12.1. The molecule has 1 N–H and O–H groups in total. The molecule has 0 aromatic heterocycles. The molecule has 4 unspecified atom stereocenters. The molecule has 2 aliphatic rings. The molecule has 1 aliphatic carbocycles. The van der Waals surface area contributed by atoms with Gasteiger partial charge in [-0.05, 0) is 78.5 Å². The molecule has 9 nitrogen and oxygen atoms in total. The second kappa shape index (κ2) is 19.4. The smallest absolute Gasteiger partial charge is 0.329 e. The number of aryl methyl sites for hydroxylation is 1. The van der Waals surface area contributed by atoms with Gasteiger partial charge in [-0.25, -0.2) is 4.79 Å². The van der Waals surface area contributed by atoms with E-state index in [4.69, 9.17) is 25.8 Å². The third kappa shape index (κ3) is 11.0. The molecule has 1 aliphatic heterocycles. The van der Waals surface area contributed by atoms with E-state index < -0.39 is 5.97 Å². The van der Waals surface area contributed by atoms with Crippen LogP contribution < -0.4 is 9.64 Å². The van der Waals surface area contributed by atoms with Crippen molar-refractivity contribution in [1.82, 2.24) is 4.90 Å². The summed E-state index contributed by atoms with van der Waals surface area (Å²) in [6, 6.07) is 12.0. The molecule has 1 fully saturated rings. The third-order valence-corrected chi connectivity index (χ3v) is 9.37. The maximum atomic E-state index is 12.1. The lowest BCUT2D eigenvalue weighted by atomic mass is 9.70. The number of carbonyl (C=O) groups is 3. The first kappa shape index (κ1) is 38.9. The number of carboxylic acid groups (broad SMARTS) is 1. The molecule has 2 aromatic rings. The summed E-state index contributed by atoms with van der Waals surface area (Å²) in [5.41, 5.74) is 4.24. The van der Waals surface area contributed by atoms with Gasteiger partial charge < -0.3 is 29.1 Å². The molecule has 1 saturated carbocycles. The van der Waals surface area contributed by atoms with Gasteiger partial charge in [0, 0.05) is 44.5 Å². The van der Waals surface area contributed by atoms with Gasteiger partial charge in [-0.3, -0.25) is 9.59 Å². The van der Waals surface area contributed by atoms with Crippen molar-refractivity contribution in [2.45, 2.75) is 78.2 Å². The molecule has 1 amide bonds. The lowest BCUT2D eigenvalue weighted by Crippen LogP contribution is -2.45. The fourth-order valence-corrected chi connectivity index (χ4v) is 6.58. The zero-order valence-corrected chi connectivity index (χ0v) is 30.1. The van der Waals surface area contributed by atoms with Crippen LogP contribution in [0.4, 0.5) is 5.69 Å². The highest BCUT2D eigenvalue weighted by Crippen LogP contribution is 2.43. The monoisotopic (exact) mass is 684 g/mol. The minimum absolute atomic E-state index is 0.00121. The van der Waals surface area contributed by atoms with E-state index in [0.29, 0.717) is 26.1 Å². The predicted octanol–water partition coefficient (Wildman–Crippen LogP) is 6.94. The number of fused-ring (bicyclic) bond motifs is 1. The Morgan fingerprint density at radius 2 is 1.94 bits per heavy atom. The first-order valence-corrected chi connectivity index (χ1v) is 17.5. The van der Waals surface area contributed by atoms with Crippen molar-refractivity contribution in [2.24, 2.45) is 11.8 Å². The molecule has 48 heavy (non-hydrogen) atoms. The number of amides is 1. The summed E-state index contributed by atoms with van der Waals surface area (Å²) < 4.78 is 17.3. The molecule has 10 heteroatoms. The Morgan fingerprint density at radius 1 is 1.17 bits per heavy atom. The molecule has 1 heterocycles. The van der Waals surface area contributed by atoms with Crippen molar-refractivity contribution < 1.29 is 33.7 Å². The summed E-state index contributed by atoms with van der Waals surface area (Å²) in [5.74, 6) is -0.0614. The quantitative estimate of drug-likeness (QED) is 0.159. The average molecular weight is 685 g/mol. The summed E-state index contributed by atoms with van der Waals surface area (Å²) in [6.07, 6.45) is 8.26. The Balaban J connectivity index is 0.00000307. The number of halogens is 1. The van der Waals surface area contributed by atoms with Crippen LogP contribution in [-0.4, -0.2) is 81.0 Å². The van der Waals surface area contributed by atoms with Gasteiger partial charge in [-0.1, -0.05) is 63.1 Å². The topological polar surface area (TPSA) is 106 Å². The SMILES string of the molecule is CC.CCCc1cc(Cl)ccc1C1COc2ccc(CC(=O)OC)cc2N(CC2CCC2C(/C=C/CCN(C)C(C)=O)OCC(=O)O)C1. The molecule has 2 aromatic carbocycles. The van der Waals surface area contributed by atoms with E-state index in [1.165, 1.54) is 25.2 Å². The highest BCUT2D eigenvalue weighted by atomic mass is 35.5. The number of ether oxygens (including phenoxy) is 3. The van der Waals surface area contributed by atoms with E-state index in [1.54, 1.807) is 11.9 Å². The Hall–Kier alpha value is -3.56. The molecular weight excluding hydrogens is 632 g/mol. The van der Waals surface area contributed by atoms with Crippen molar-refractivity contribution in [3.63, 3.8) is 0 Å². The van der Waals surface area contributed by atoms with Gasteiger partial charge in [0.2, 0.25) is 5.91 Å². The lowest BCUT2D eigenvalue weighted by molar-refractivity contribution is -0.145. The fourth-order valence-electron chi connectivity index (χ4n) is 6.39. The number of hydrogen-bond donors (Lipinski definition) is 1. The highest BCUT2D eigenvalue weighted by Gasteiger charge is 2.39. The average Bonchev–Trinajstić information content (AvgIpc) is 3.23. The van der Waals surface area contributed by atoms with E-state index in [1.807, 2.05) is 50.3 Å². The van der Waals surface area contributed by atoms with Crippen LogP contribution in [-0.2, 0) is 36.7 Å². The van der Waals surface area contributed by atoms with Crippen LogP contribution in [0.3, 0.4) is 0 Å². The number of anilines is 1. The number of nitrogens with zero attached hydrogens (tertiary/aromatic N) is 2. The molecule has 0 spiro atoms. The van der Waals surface area contributed by atoms with E-state index in [0.717, 1.165) is 54.3 Å². The van der Waals surface area contributed by atoms with Gasteiger partial charge in [0.1, 0.15) is 12.4 Å². The van der Waals surface area contributed by atoms with E-state index >= 15 is 0 Å². The molecule has 4 atom stereocenters. The van der Waals surface area contributed by atoms with Crippen molar-refractivity contribution in [1.29, 1.82) is 0 Å². The first-order chi connectivity index (χ1) is 23.1. The molecule has 0 radical (unpaired) electrons. The standard InChI is InChI=1S/C36H47ClN2O7.C2H6/c1-5-8-26-19-29(37)12-14-30(26)28-21-39(32-17-25(18-36(43)44-4)10-15-34(32)45-22-28)20-27-11-13-31(27)33(46-23-35(41)42)9-6-7-16-38(3)24(2)40;1-2/h6,9-10,12,14-15,17,19,27-28,31,33H,5,7-8,11,13,16,18,20-23H2,1-4H3,(H,41,42);1-2H3/b9-6+;. The van der Waals surface area contributed by atoms with Gasteiger partial charge in [0.15, 0.2) is 0 Å². The number of rotatable bonds is 15. The molecule has 264 valence electrons. The number of benzene rings is 2. The summed E-state index contributed by atoms with van der Waals surface area (Å²) in [6.45, 7) is 9.85. The van der Waals surface area contributed by atoms with Crippen LogP contribution >= 0.6 is 11.6 Å². The Morgan fingerprint density at radius 3 is 2.58 bits per heavy atom. The molecule has 0 bridgehead atoms. The molecular formula is C38H53ClN2O7. The summed E-state index contributed by atoms with van der Waals surface area (Å²) in [5, 5.41) is 10.1. The van der Waals surface area contributed by atoms with Crippen LogP contribution in [0.2, 0.25) is 5.02 Å². The van der Waals surface area contributed by atoms with Gasteiger partial charge >= 0.3 is 11.9 Å². The minimum atomic E-state index is -1.00. The Labute approximate surface area is 291 Å². The van der Waals surface area contributed by atoms with Crippen molar-refractivity contribution in [3.8, 4) is 5.75 Å². The zero-order valence-electron chi connectivity index (χ0n) is 29.4. The molecule has 4 rings (SSSR count). The van der Waals surface area contributed by atoms with Crippen LogP contribution in [0, 0.1) is 11.8 Å². The third-order valence-electron chi connectivity index (χ3n) is 9.13. The van der Waals surface area contributed by atoms with Crippen molar-refractivity contribution in [2.75, 3.05) is 51.9 Å². The summed E-state index contributed by atoms with van der Waals surface area (Å²) in [4.78, 5) is 39.2. The van der Waals surface area contributed by atoms with Crippen LogP contribution in [0.15, 0.2) is 48.6 Å².